The highest BCUT2D eigenvalue weighted by Crippen LogP contribution is 2.41. The summed E-state index contributed by atoms with van der Waals surface area (Å²) in [6.45, 7) is 5.26. The number of nitrogens with one attached hydrogen (secondary N) is 2. The van der Waals surface area contributed by atoms with Crippen LogP contribution in [-0.2, 0) is 25.5 Å². The van der Waals surface area contributed by atoms with E-state index in [1.54, 1.807) is 63.2 Å². The zero-order chi connectivity index (χ0) is 39.1. The molecule has 9 nitrogen and oxygen atoms in total. The van der Waals surface area contributed by atoms with Crippen LogP contribution in [0.3, 0.4) is 0 Å². The molecule has 0 spiro atoms. The first-order valence-corrected chi connectivity index (χ1v) is 20.7. The average molecular weight is 794 g/mol. The SMILES string of the molecule is CC(C)(C)OC(=O)NC1CC2CCC(C1)N2C(=O)C(NS(=O)(=O)c1ccc2cc(OC3CCCC3)ccc2c1)C(F)(F)c1ccc(-c2ccc(Cl)cc2)cc1. The van der Waals surface area contributed by atoms with Gasteiger partial charge in [0.25, 0.3) is 5.92 Å². The summed E-state index contributed by atoms with van der Waals surface area (Å²) in [5.41, 5.74) is 0.166. The number of sulfonamides is 1. The number of hydrogen-bond donors (Lipinski definition) is 2. The number of ether oxygens (including phenoxy) is 2. The van der Waals surface area contributed by atoms with E-state index in [2.05, 4.69) is 10.0 Å². The molecule has 0 aromatic heterocycles. The molecule has 292 valence electrons. The van der Waals surface area contributed by atoms with Crippen molar-refractivity contribution in [1.29, 1.82) is 0 Å². The summed E-state index contributed by atoms with van der Waals surface area (Å²) in [5.74, 6) is -4.30. The van der Waals surface area contributed by atoms with Gasteiger partial charge in [-0.2, -0.15) is 13.5 Å². The molecular formula is C42H46ClF2N3O6S. The van der Waals surface area contributed by atoms with Crippen molar-refractivity contribution in [2.75, 3.05) is 0 Å². The molecule has 3 unspecified atom stereocenters. The maximum Gasteiger partial charge on any atom is 0.407 e. The van der Waals surface area contributed by atoms with Gasteiger partial charge in [0.2, 0.25) is 15.9 Å². The lowest BCUT2D eigenvalue weighted by atomic mass is 9.93. The van der Waals surface area contributed by atoms with Crippen LogP contribution in [0.5, 0.6) is 5.75 Å². The Bertz CT molecular complexity index is 2140. The minimum atomic E-state index is -4.66. The van der Waals surface area contributed by atoms with Crippen molar-refractivity contribution in [3.63, 3.8) is 0 Å². The molecule has 3 aliphatic rings. The molecule has 4 aromatic carbocycles. The number of amides is 2. The van der Waals surface area contributed by atoms with Crippen LogP contribution < -0.4 is 14.8 Å². The summed E-state index contributed by atoms with van der Waals surface area (Å²) in [6, 6.07) is 18.3. The van der Waals surface area contributed by atoms with Crippen LogP contribution >= 0.6 is 11.6 Å². The number of halogens is 3. The van der Waals surface area contributed by atoms with E-state index in [0.717, 1.165) is 36.6 Å². The molecule has 1 saturated carbocycles. The number of carbonyl (C=O) groups is 2. The third kappa shape index (κ3) is 8.76. The predicted molar refractivity (Wildman–Crippen MR) is 208 cm³/mol. The number of alkyl halides is 2. The summed E-state index contributed by atoms with van der Waals surface area (Å²) < 4.78 is 75.7. The number of piperidine rings is 1. The van der Waals surface area contributed by atoms with Crippen molar-refractivity contribution in [3.05, 3.63) is 95.5 Å². The molecule has 2 aliphatic heterocycles. The molecule has 4 aromatic rings. The van der Waals surface area contributed by atoms with Crippen LogP contribution in [0.25, 0.3) is 21.9 Å². The fourth-order valence-corrected chi connectivity index (χ4v) is 9.47. The molecular weight excluding hydrogens is 748 g/mol. The number of carbonyl (C=O) groups excluding carboxylic acids is 2. The van der Waals surface area contributed by atoms with Gasteiger partial charge in [0.05, 0.1) is 11.0 Å². The third-order valence-electron chi connectivity index (χ3n) is 10.7. The summed E-state index contributed by atoms with van der Waals surface area (Å²) in [7, 11) is -4.66. The number of nitrogens with zero attached hydrogens (tertiary/aromatic N) is 1. The Balaban J connectivity index is 1.17. The van der Waals surface area contributed by atoms with Gasteiger partial charge in [-0.3, -0.25) is 4.79 Å². The largest absolute Gasteiger partial charge is 0.490 e. The van der Waals surface area contributed by atoms with Gasteiger partial charge in [-0.1, -0.05) is 60.1 Å². The summed E-state index contributed by atoms with van der Waals surface area (Å²) in [4.78, 5) is 28.2. The molecule has 55 heavy (non-hydrogen) atoms. The maximum absolute atomic E-state index is 16.9. The molecule has 2 bridgehead atoms. The van der Waals surface area contributed by atoms with Crippen molar-refractivity contribution in [1.82, 2.24) is 14.9 Å². The Kier molecular flexibility index (Phi) is 10.9. The van der Waals surface area contributed by atoms with Gasteiger partial charge < -0.3 is 19.7 Å². The highest BCUT2D eigenvalue weighted by atomic mass is 35.5. The Morgan fingerprint density at radius 3 is 2.02 bits per heavy atom. The zero-order valence-electron chi connectivity index (χ0n) is 31.1. The van der Waals surface area contributed by atoms with Crippen molar-refractivity contribution in [2.45, 2.75) is 119 Å². The van der Waals surface area contributed by atoms with Gasteiger partial charge in [0.15, 0.2) is 6.04 Å². The fraction of sp³-hybridized carbons (Fsp3) is 0.429. The number of benzene rings is 4. The van der Waals surface area contributed by atoms with Crippen LogP contribution in [0.2, 0.25) is 5.02 Å². The molecule has 2 amide bonds. The molecule has 3 fully saturated rings. The van der Waals surface area contributed by atoms with Crippen LogP contribution in [0.4, 0.5) is 13.6 Å². The van der Waals surface area contributed by atoms with E-state index in [0.29, 0.717) is 47.4 Å². The van der Waals surface area contributed by atoms with E-state index < -0.39 is 57.2 Å². The lowest BCUT2D eigenvalue weighted by Crippen LogP contribution is -2.61. The van der Waals surface area contributed by atoms with Gasteiger partial charge >= 0.3 is 6.09 Å². The van der Waals surface area contributed by atoms with E-state index in [4.69, 9.17) is 21.1 Å². The van der Waals surface area contributed by atoms with Crippen LogP contribution in [0.1, 0.15) is 77.7 Å². The first-order valence-electron chi connectivity index (χ1n) is 18.8. The minimum absolute atomic E-state index is 0.147. The number of fused-ring (bicyclic) bond motifs is 3. The van der Waals surface area contributed by atoms with Crippen LogP contribution in [0.15, 0.2) is 89.8 Å². The number of alkyl carbamates (subject to hydrolysis) is 1. The summed E-state index contributed by atoms with van der Waals surface area (Å²) >= 11 is 6.03. The van der Waals surface area contributed by atoms with Crippen LogP contribution in [-0.4, -0.2) is 61.2 Å². The summed E-state index contributed by atoms with van der Waals surface area (Å²) in [5, 5.41) is 4.70. The molecule has 1 aliphatic carbocycles. The molecule has 2 heterocycles. The maximum atomic E-state index is 16.9. The second-order valence-electron chi connectivity index (χ2n) is 15.9. The van der Waals surface area contributed by atoms with Gasteiger partial charge in [0, 0.05) is 28.7 Å². The fourth-order valence-electron chi connectivity index (χ4n) is 8.12. The zero-order valence-corrected chi connectivity index (χ0v) is 32.6. The quantitative estimate of drug-likeness (QED) is 0.166. The van der Waals surface area contributed by atoms with Gasteiger partial charge in [-0.15, -0.1) is 0 Å². The summed E-state index contributed by atoms with van der Waals surface area (Å²) in [6.07, 6.45) is 5.46. The van der Waals surface area contributed by atoms with E-state index in [1.807, 2.05) is 6.07 Å². The Hall–Kier alpha value is -4.26. The number of rotatable bonds is 10. The van der Waals surface area contributed by atoms with Crippen molar-refractivity contribution < 1.29 is 36.3 Å². The molecule has 0 radical (unpaired) electrons. The smallest absolute Gasteiger partial charge is 0.407 e. The highest BCUT2D eigenvalue weighted by Gasteiger charge is 2.54. The van der Waals surface area contributed by atoms with E-state index >= 15 is 8.78 Å². The monoisotopic (exact) mass is 793 g/mol. The van der Waals surface area contributed by atoms with Crippen LogP contribution in [0, 0.1) is 0 Å². The predicted octanol–water partition coefficient (Wildman–Crippen LogP) is 8.97. The van der Waals surface area contributed by atoms with Gasteiger partial charge in [-0.25, -0.2) is 13.2 Å². The Morgan fingerprint density at radius 1 is 0.818 bits per heavy atom. The van der Waals surface area contributed by atoms with E-state index in [1.165, 1.54) is 41.3 Å². The molecule has 3 atom stereocenters. The normalized spacial score (nSPS) is 21.1. The number of hydrogen-bond acceptors (Lipinski definition) is 6. The molecule has 13 heteroatoms. The third-order valence-corrected chi connectivity index (χ3v) is 12.4. The lowest BCUT2D eigenvalue weighted by Gasteiger charge is -2.42. The van der Waals surface area contributed by atoms with E-state index in [-0.39, 0.29) is 17.0 Å². The van der Waals surface area contributed by atoms with Crippen molar-refractivity contribution in [3.8, 4) is 16.9 Å². The minimum Gasteiger partial charge on any atom is -0.490 e. The average Bonchev–Trinajstić information content (AvgIpc) is 3.74. The molecule has 2 N–H and O–H groups in total. The van der Waals surface area contributed by atoms with Crippen molar-refractivity contribution in [2.24, 2.45) is 0 Å². The Labute approximate surface area is 325 Å². The second kappa shape index (κ2) is 15.3. The van der Waals surface area contributed by atoms with Crippen molar-refractivity contribution >= 4 is 44.4 Å². The first kappa shape index (κ1) is 39.0. The topological polar surface area (TPSA) is 114 Å². The standard InChI is InChI=1S/C42H46ClF2N3O6S/c1-41(2,3)54-40(50)46-32-24-33-18-19-34(25-32)48(33)39(49)38(42(44,45)30-14-8-26(9-15-30)27-10-16-31(43)17-11-27)47-55(51,52)37-21-13-28-22-36(20-12-29(28)23-37)53-35-6-4-5-7-35/h8-17,20-23,32-35,38,47H,4-7,18-19,24-25H2,1-3H3,(H,46,50). The lowest BCUT2D eigenvalue weighted by molar-refractivity contribution is -0.149. The Morgan fingerprint density at radius 2 is 1.40 bits per heavy atom. The highest BCUT2D eigenvalue weighted by molar-refractivity contribution is 7.89. The van der Waals surface area contributed by atoms with Gasteiger partial charge in [0.1, 0.15) is 11.4 Å². The molecule has 2 saturated heterocycles. The van der Waals surface area contributed by atoms with Gasteiger partial charge in [-0.05, 0) is 130 Å². The first-order chi connectivity index (χ1) is 26.1. The van der Waals surface area contributed by atoms with E-state index in [9.17, 15) is 18.0 Å². The molecule has 7 rings (SSSR count). The second-order valence-corrected chi connectivity index (χ2v) is 18.1.